The van der Waals surface area contributed by atoms with E-state index in [0.717, 1.165) is 5.56 Å². The summed E-state index contributed by atoms with van der Waals surface area (Å²) in [7, 11) is 0. The Morgan fingerprint density at radius 1 is 1.07 bits per heavy atom. The zero-order chi connectivity index (χ0) is 19.7. The molecular weight excluding hydrogens is 363 g/mol. The van der Waals surface area contributed by atoms with Crippen molar-refractivity contribution in [2.24, 2.45) is 0 Å². The van der Waals surface area contributed by atoms with E-state index in [-0.39, 0.29) is 17.3 Å². The molecule has 0 spiro atoms. The first-order chi connectivity index (χ1) is 13.6. The molecule has 2 aromatic carbocycles. The highest BCUT2D eigenvalue weighted by Crippen LogP contribution is 2.37. The first-order valence-electron chi connectivity index (χ1n) is 8.60. The lowest BCUT2D eigenvalue weighted by Gasteiger charge is -2.23. The van der Waals surface area contributed by atoms with Gasteiger partial charge in [0.15, 0.2) is 11.5 Å². The summed E-state index contributed by atoms with van der Waals surface area (Å²) in [6.45, 7) is 0. The molecule has 140 valence electrons. The Labute approximate surface area is 159 Å². The Balaban J connectivity index is 1.60. The average molecular weight is 378 g/mol. The lowest BCUT2D eigenvalue weighted by molar-refractivity contribution is -0.109. The van der Waals surface area contributed by atoms with Gasteiger partial charge in [-0.2, -0.15) is 0 Å². The molecule has 0 saturated heterocycles. The maximum absolute atomic E-state index is 13.0. The number of hydrogen-bond acceptors (Lipinski definition) is 5. The first kappa shape index (κ1) is 17.7. The number of benzene rings is 2. The molecule has 0 aliphatic carbocycles. The number of aliphatic hydroxyl groups excluding tert-OH is 1. The molecule has 2 heterocycles. The van der Waals surface area contributed by atoms with Crippen LogP contribution >= 0.6 is 0 Å². The number of furan rings is 1. The van der Waals surface area contributed by atoms with E-state index >= 15 is 0 Å². The van der Waals surface area contributed by atoms with Gasteiger partial charge in [-0.25, -0.2) is 4.39 Å². The predicted molar refractivity (Wildman–Crippen MR) is 97.8 cm³/mol. The number of hydrogen-bond donors (Lipinski definition) is 1. The maximum Gasteiger partial charge on any atom is 0.266 e. The molecule has 1 unspecified atom stereocenters. The number of ether oxygens (including phenoxy) is 1. The highest BCUT2D eigenvalue weighted by molar-refractivity contribution is 6.06. The van der Waals surface area contributed by atoms with Gasteiger partial charge < -0.3 is 19.1 Å². The van der Waals surface area contributed by atoms with Crippen molar-refractivity contribution in [3.05, 3.63) is 101 Å². The van der Waals surface area contributed by atoms with Crippen LogP contribution in [-0.4, -0.2) is 17.2 Å². The summed E-state index contributed by atoms with van der Waals surface area (Å²) in [6, 6.07) is 15.7. The number of carbonyl (C=O) groups is 2. The van der Waals surface area contributed by atoms with Gasteiger partial charge >= 0.3 is 0 Å². The van der Waals surface area contributed by atoms with Gasteiger partial charge in [-0.1, -0.05) is 30.3 Å². The van der Waals surface area contributed by atoms with E-state index in [2.05, 4.69) is 0 Å². The maximum atomic E-state index is 13.0. The number of para-hydroxylation sites is 1. The molecule has 3 aromatic rings. The summed E-state index contributed by atoms with van der Waals surface area (Å²) in [5, 5.41) is 10.4. The molecule has 28 heavy (non-hydrogen) atoms. The standard InChI is InChI=1S/C22H15FO5/c23-14-7-5-13(6-8-14)11-15-9-10-19(27-15)21(26)22-20(25)17(12-24)16-3-1-2-4-18(16)28-22/h1-10,12,17,25H,11H2. The molecular formula is C22H15FO5. The molecule has 0 fully saturated rings. The van der Waals surface area contributed by atoms with Crippen molar-refractivity contribution in [1.82, 2.24) is 0 Å². The number of Topliss-reactive ketones (excluding diaryl/α,β-unsaturated/α-hetero) is 1. The van der Waals surface area contributed by atoms with Gasteiger partial charge in [-0.15, -0.1) is 0 Å². The number of ketones is 1. The number of aldehydes is 1. The van der Waals surface area contributed by atoms with E-state index in [1.807, 2.05) is 0 Å². The quantitative estimate of drug-likeness (QED) is 0.528. The van der Waals surface area contributed by atoms with Crippen LogP contribution in [0.25, 0.3) is 0 Å². The van der Waals surface area contributed by atoms with Crippen LogP contribution < -0.4 is 4.74 Å². The molecule has 0 amide bonds. The lowest BCUT2D eigenvalue weighted by Crippen LogP contribution is -2.21. The van der Waals surface area contributed by atoms with Gasteiger partial charge in [-0.3, -0.25) is 4.79 Å². The average Bonchev–Trinajstić information content (AvgIpc) is 3.17. The molecule has 6 heteroatoms. The summed E-state index contributed by atoms with van der Waals surface area (Å²) >= 11 is 0. The van der Waals surface area contributed by atoms with Crippen LogP contribution in [0.3, 0.4) is 0 Å². The van der Waals surface area contributed by atoms with Crippen molar-refractivity contribution in [3.63, 3.8) is 0 Å². The molecule has 0 saturated carbocycles. The Hall–Kier alpha value is -3.67. The zero-order valence-electron chi connectivity index (χ0n) is 14.6. The number of halogens is 1. The Kier molecular flexibility index (Phi) is 4.53. The fraction of sp³-hybridized carbons (Fsp3) is 0.0909. The minimum Gasteiger partial charge on any atom is -0.507 e. The van der Waals surface area contributed by atoms with Crippen LogP contribution in [0.4, 0.5) is 4.39 Å². The third kappa shape index (κ3) is 3.20. The van der Waals surface area contributed by atoms with Gasteiger partial charge in [0.1, 0.15) is 29.5 Å². The second kappa shape index (κ2) is 7.15. The van der Waals surface area contributed by atoms with Crippen molar-refractivity contribution in [2.45, 2.75) is 12.3 Å². The van der Waals surface area contributed by atoms with Crippen LogP contribution in [0.15, 0.2) is 76.6 Å². The molecule has 0 radical (unpaired) electrons. The van der Waals surface area contributed by atoms with Gasteiger partial charge in [0.2, 0.25) is 5.76 Å². The molecule has 1 N–H and O–H groups in total. The fourth-order valence-corrected chi connectivity index (χ4v) is 3.09. The predicted octanol–water partition coefficient (Wildman–Crippen LogP) is 4.34. The number of allylic oxidation sites excluding steroid dienone is 2. The van der Waals surface area contributed by atoms with Crippen molar-refractivity contribution >= 4 is 12.1 Å². The Morgan fingerprint density at radius 3 is 2.57 bits per heavy atom. The van der Waals surface area contributed by atoms with Crippen LogP contribution in [-0.2, 0) is 11.2 Å². The van der Waals surface area contributed by atoms with E-state index < -0.39 is 17.5 Å². The number of carbonyl (C=O) groups excluding carboxylic acids is 2. The van der Waals surface area contributed by atoms with Crippen LogP contribution in [0.2, 0.25) is 0 Å². The van der Waals surface area contributed by atoms with Crippen LogP contribution in [0.5, 0.6) is 5.75 Å². The number of aliphatic hydroxyl groups is 1. The lowest BCUT2D eigenvalue weighted by atomic mass is 9.93. The minimum atomic E-state index is -0.974. The van der Waals surface area contributed by atoms with Crippen LogP contribution in [0, 0.1) is 5.82 Å². The molecule has 5 nitrogen and oxygen atoms in total. The summed E-state index contributed by atoms with van der Waals surface area (Å²) in [5.41, 5.74) is 1.31. The van der Waals surface area contributed by atoms with Gasteiger partial charge in [-0.05, 0) is 35.9 Å². The van der Waals surface area contributed by atoms with E-state index in [1.54, 1.807) is 42.5 Å². The number of rotatable bonds is 5. The molecule has 1 aliphatic rings. The zero-order valence-corrected chi connectivity index (χ0v) is 14.6. The smallest absolute Gasteiger partial charge is 0.266 e. The monoisotopic (exact) mass is 378 g/mol. The van der Waals surface area contributed by atoms with Gasteiger partial charge in [0.25, 0.3) is 5.78 Å². The third-order valence-electron chi connectivity index (χ3n) is 4.51. The third-order valence-corrected chi connectivity index (χ3v) is 4.51. The molecule has 0 bridgehead atoms. The summed E-state index contributed by atoms with van der Waals surface area (Å²) < 4.78 is 24.1. The molecule has 4 rings (SSSR count). The highest BCUT2D eigenvalue weighted by Gasteiger charge is 2.34. The summed E-state index contributed by atoms with van der Waals surface area (Å²) in [4.78, 5) is 24.2. The SMILES string of the molecule is O=CC1C(O)=C(C(=O)c2ccc(Cc3ccc(F)cc3)o2)Oc2ccccc21. The fourth-order valence-electron chi connectivity index (χ4n) is 3.09. The van der Waals surface area contributed by atoms with E-state index in [0.29, 0.717) is 29.8 Å². The highest BCUT2D eigenvalue weighted by atomic mass is 19.1. The minimum absolute atomic E-state index is 0.0253. The van der Waals surface area contributed by atoms with E-state index in [4.69, 9.17) is 9.15 Å². The van der Waals surface area contributed by atoms with Crippen molar-refractivity contribution < 1.29 is 28.2 Å². The molecule has 1 aromatic heterocycles. The summed E-state index contributed by atoms with van der Waals surface area (Å²) in [5.74, 6) is -1.95. The van der Waals surface area contributed by atoms with Gasteiger partial charge in [0, 0.05) is 12.0 Å². The van der Waals surface area contributed by atoms with Gasteiger partial charge in [0.05, 0.1) is 0 Å². The second-order valence-corrected chi connectivity index (χ2v) is 6.37. The topological polar surface area (TPSA) is 76.7 Å². The molecule has 1 atom stereocenters. The van der Waals surface area contributed by atoms with Crippen LogP contribution in [0.1, 0.15) is 33.4 Å². The Bertz CT molecular complexity index is 1080. The normalized spacial score (nSPS) is 15.7. The molecule has 1 aliphatic heterocycles. The number of fused-ring (bicyclic) bond motifs is 1. The van der Waals surface area contributed by atoms with Crippen molar-refractivity contribution in [2.75, 3.05) is 0 Å². The first-order valence-corrected chi connectivity index (χ1v) is 8.60. The summed E-state index contributed by atoms with van der Waals surface area (Å²) in [6.07, 6.45) is 0.936. The second-order valence-electron chi connectivity index (χ2n) is 6.37. The van der Waals surface area contributed by atoms with Crippen molar-refractivity contribution in [1.29, 1.82) is 0 Å². The van der Waals surface area contributed by atoms with Crippen molar-refractivity contribution in [3.8, 4) is 5.75 Å². The Morgan fingerprint density at radius 2 is 1.82 bits per heavy atom. The van der Waals surface area contributed by atoms with E-state index in [9.17, 15) is 19.1 Å². The van der Waals surface area contributed by atoms with E-state index in [1.165, 1.54) is 18.2 Å². The largest absolute Gasteiger partial charge is 0.507 e.